The predicted octanol–water partition coefficient (Wildman–Crippen LogP) is 0.00738. The smallest absolute Gasteiger partial charge is 0.114 e. The van der Waals surface area contributed by atoms with Crippen molar-refractivity contribution in [2.75, 3.05) is 32.7 Å². The third-order valence-electron chi connectivity index (χ3n) is 3.28. The van der Waals surface area contributed by atoms with Crippen molar-refractivity contribution in [2.45, 2.75) is 31.3 Å². The van der Waals surface area contributed by atoms with E-state index in [0.29, 0.717) is 6.54 Å². The zero-order valence-electron chi connectivity index (χ0n) is 9.45. The van der Waals surface area contributed by atoms with Crippen LogP contribution in [0.2, 0.25) is 0 Å². The van der Waals surface area contributed by atoms with Crippen molar-refractivity contribution < 1.29 is 0 Å². The van der Waals surface area contributed by atoms with E-state index in [1.807, 2.05) is 0 Å². The van der Waals surface area contributed by atoms with E-state index in [1.54, 1.807) is 6.92 Å². The molecule has 4 nitrogen and oxygen atoms in total. The first-order valence-electron chi connectivity index (χ1n) is 5.77. The van der Waals surface area contributed by atoms with Gasteiger partial charge in [-0.1, -0.05) is 0 Å². The van der Waals surface area contributed by atoms with Gasteiger partial charge < -0.3 is 5.73 Å². The summed E-state index contributed by atoms with van der Waals surface area (Å²) < 4.78 is 0. The van der Waals surface area contributed by atoms with Gasteiger partial charge >= 0.3 is 0 Å². The number of rotatable bonds is 3. The van der Waals surface area contributed by atoms with E-state index < -0.39 is 5.54 Å². The Morgan fingerprint density at radius 3 is 2.40 bits per heavy atom. The van der Waals surface area contributed by atoms with Gasteiger partial charge in [-0.05, 0) is 19.8 Å². The molecular formula is C11H20N4. The summed E-state index contributed by atoms with van der Waals surface area (Å²) in [6.45, 7) is 6.91. The Morgan fingerprint density at radius 2 is 1.93 bits per heavy atom. The van der Waals surface area contributed by atoms with Crippen LogP contribution < -0.4 is 5.73 Å². The Bertz CT molecular complexity index is 256. The van der Waals surface area contributed by atoms with Crippen LogP contribution in [0.25, 0.3) is 0 Å². The highest BCUT2D eigenvalue weighted by atomic mass is 15.3. The Balaban J connectivity index is 1.76. The number of nitrogens with zero attached hydrogens (tertiary/aromatic N) is 3. The zero-order valence-corrected chi connectivity index (χ0v) is 9.45. The predicted molar refractivity (Wildman–Crippen MR) is 59.2 cm³/mol. The maximum atomic E-state index is 8.86. The maximum Gasteiger partial charge on any atom is 0.114 e. The van der Waals surface area contributed by atoms with Gasteiger partial charge in [0.15, 0.2) is 0 Å². The summed E-state index contributed by atoms with van der Waals surface area (Å²) in [5.41, 5.74) is 5.14. The van der Waals surface area contributed by atoms with Crippen molar-refractivity contribution in [3.8, 4) is 6.07 Å². The molecule has 1 atom stereocenters. The molecule has 0 bridgehead atoms. The average Bonchev–Trinajstić information content (AvgIpc) is 3.02. The van der Waals surface area contributed by atoms with E-state index >= 15 is 0 Å². The summed E-state index contributed by atoms with van der Waals surface area (Å²) in [7, 11) is 0. The van der Waals surface area contributed by atoms with Gasteiger partial charge in [-0.2, -0.15) is 5.26 Å². The molecule has 1 saturated carbocycles. The minimum absolute atomic E-state index is 0.693. The van der Waals surface area contributed by atoms with Gasteiger partial charge in [-0.25, -0.2) is 0 Å². The van der Waals surface area contributed by atoms with Crippen LogP contribution in [0, 0.1) is 11.3 Å². The lowest BCUT2D eigenvalue weighted by molar-refractivity contribution is 0.116. The average molecular weight is 208 g/mol. The second kappa shape index (κ2) is 4.09. The molecule has 1 saturated heterocycles. The number of nitriles is 1. The summed E-state index contributed by atoms with van der Waals surface area (Å²) in [6.07, 6.45) is 2.76. The highest BCUT2D eigenvalue weighted by molar-refractivity contribution is 5.03. The van der Waals surface area contributed by atoms with E-state index in [0.717, 1.165) is 32.2 Å². The van der Waals surface area contributed by atoms with E-state index in [-0.39, 0.29) is 0 Å². The van der Waals surface area contributed by atoms with Crippen molar-refractivity contribution in [2.24, 2.45) is 5.73 Å². The molecule has 1 heterocycles. The molecule has 2 aliphatic rings. The Kier molecular flexibility index (Phi) is 2.96. The van der Waals surface area contributed by atoms with Crippen molar-refractivity contribution in [3.63, 3.8) is 0 Å². The Morgan fingerprint density at radius 1 is 1.33 bits per heavy atom. The minimum atomic E-state index is -0.693. The number of nitrogens with two attached hydrogens (primary N) is 1. The first-order valence-corrected chi connectivity index (χ1v) is 5.77. The molecule has 0 spiro atoms. The molecule has 1 unspecified atom stereocenters. The molecular weight excluding hydrogens is 188 g/mol. The molecule has 0 amide bonds. The van der Waals surface area contributed by atoms with Crippen LogP contribution >= 0.6 is 0 Å². The van der Waals surface area contributed by atoms with Crippen LogP contribution in [-0.4, -0.2) is 54.1 Å². The summed E-state index contributed by atoms with van der Waals surface area (Å²) >= 11 is 0. The summed E-state index contributed by atoms with van der Waals surface area (Å²) in [5.74, 6) is 0. The zero-order chi connectivity index (χ0) is 10.9. The molecule has 4 heteroatoms. The largest absolute Gasteiger partial charge is 0.313 e. The molecule has 2 fully saturated rings. The molecule has 0 aromatic rings. The molecule has 2 N–H and O–H groups in total. The monoisotopic (exact) mass is 208 g/mol. The lowest BCUT2D eigenvalue weighted by atomic mass is 10.1. The summed E-state index contributed by atoms with van der Waals surface area (Å²) in [4.78, 5) is 4.87. The fourth-order valence-electron chi connectivity index (χ4n) is 2.23. The Labute approximate surface area is 91.6 Å². The second-order valence-corrected chi connectivity index (χ2v) is 5.07. The first kappa shape index (κ1) is 10.9. The van der Waals surface area contributed by atoms with Gasteiger partial charge in [0.05, 0.1) is 6.07 Å². The highest BCUT2D eigenvalue weighted by Crippen LogP contribution is 2.27. The fourth-order valence-corrected chi connectivity index (χ4v) is 2.23. The van der Waals surface area contributed by atoms with Gasteiger partial charge in [0, 0.05) is 38.8 Å². The standard InChI is InChI=1S/C11H20N4/c1-11(13,8-12)9-14-4-6-15(7-5-14)10-2-3-10/h10H,2-7,9,13H2,1H3. The molecule has 1 aliphatic heterocycles. The van der Waals surface area contributed by atoms with Crippen molar-refractivity contribution in [3.05, 3.63) is 0 Å². The van der Waals surface area contributed by atoms with Gasteiger partial charge in [-0.3, -0.25) is 9.80 Å². The molecule has 1 aliphatic carbocycles. The lowest BCUT2D eigenvalue weighted by Gasteiger charge is -2.36. The molecule has 15 heavy (non-hydrogen) atoms. The van der Waals surface area contributed by atoms with E-state index in [9.17, 15) is 0 Å². The first-order chi connectivity index (χ1) is 7.11. The van der Waals surface area contributed by atoms with Gasteiger partial charge in [0.2, 0.25) is 0 Å². The summed E-state index contributed by atoms with van der Waals surface area (Å²) in [6, 6.07) is 3.03. The maximum absolute atomic E-state index is 8.86. The lowest BCUT2D eigenvalue weighted by Crippen LogP contribution is -2.53. The SMILES string of the molecule is CC(N)(C#N)CN1CCN(C2CC2)CC1. The van der Waals surface area contributed by atoms with Crippen LogP contribution in [-0.2, 0) is 0 Å². The molecule has 2 rings (SSSR count). The van der Waals surface area contributed by atoms with Crippen molar-refractivity contribution in [1.82, 2.24) is 9.80 Å². The van der Waals surface area contributed by atoms with Crippen LogP contribution in [0.5, 0.6) is 0 Å². The third-order valence-corrected chi connectivity index (χ3v) is 3.28. The third kappa shape index (κ3) is 2.91. The molecule has 0 aromatic heterocycles. The topological polar surface area (TPSA) is 56.3 Å². The van der Waals surface area contributed by atoms with Gasteiger partial charge in [0.25, 0.3) is 0 Å². The highest BCUT2D eigenvalue weighted by Gasteiger charge is 2.32. The number of hydrogen-bond donors (Lipinski definition) is 1. The van der Waals surface area contributed by atoms with E-state index in [4.69, 9.17) is 11.0 Å². The van der Waals surface area contributed by atoms with E-state index in [2.05, 4.69) is 15.9 Å². The van der Waals surface area contributed by atoms with Crippen molar-refractivity contribution in [1.29, 1.82) is 5.26 Å². The summed E-state index contributed by atoms with van der Waals surface area (Å²) in [5, 5.41) is 8.86. The van der Waals surface area contributed by atoms with Gasteiger partial charge in [0.1, 0.15) is 5.54 Å². The normalized spacial score (nSPS) is 28.3. The van der Waals surface area contributed by atoms with E-state index in [1.165, 1.54) is 12.8 Å². The van der Waals surface area contributed by atoms with Crippen molar-refractivity contribution >= 4 is 0 Å². The number of hydrogen-bond acceptors (Lipinski definition) is 4. The van der Waals surface area contributed by atoms with Gasteiger partial charge in [-0.15, -0.1) is 0 Å². The van der Waals surface area contributed by atoms with Crippen LogP contribution in [0.15, 0.2) is 0 Å². The quantitative estimate of drug-likeness (QED) is 0.709. The fraction of sp³-hybridized carbons (Fsp3) is 0.909. The number of piperazine rings is 1. The Hall–Kier alpha value is -0.630. The van der Waals surface area contributed by atoms with Crippen LogP contribution in [0.1, 0.15) is 19.8 Å². The molecule has 0 aromatic carbocycles. The second-order valence-electron chi connectivity index (χ2n) is 5.07. The molecule has 0 radical (unpaired) electrons. The minimum Gasteiger partial charge on any atom is -0.313 e. The van der Waals surface area contributed by atoms with Crippen LogP contribution in [0.4, 0.5) is 0 Å². The van der Waals surface area contributed by atoms with Crippen LogP contribution in [0.3, 0.4) is 0 Å². The molecule has 84 valence electrons.